The molecule has 0 amide bonds. The molecule has 6 nitrogen and oxygen atoms in total. The van der Waals surface area contributed by atoms with Gasteiger partial charge in [-0.25, -0.2) is 9.78 Å². The van der Waals surface area contributed by atoms with Crippen molar-refractivity contribution in [1.29, 1.82) is 0 Å². The highest BCUT2D eigenvalue weighted by Gasteiger charge is 2.13. The first kappa shape index (κ1) is 15.8. The minimum atomic E-state index is -0.320. The number of aromatic nitrogens is 2. The molecular formula is C16H20N4O2. The predicted molar refractivity (Wildman–Crippen MR) is 86.7 cm³/mol. The number of nitrogens with one attached hydrogen (secondary N) is 2. The zero-order valence-corrected chi connectivity index (χ0v) is 13.2. The average Bonchev–Trinajstić information content (AvgIpc) is 2.51. The molecule has 6 heteroatoms. The maximum absolute atomic E-state index is 12.0. The van der Waals surface area contributed by atoms with Crippen molar-refractivity contribution in [2.75, 3.05) is 24.3 Å². The summed E-state index contributed by atoms with van der Waals surface area (Å²) in [6.07, 6.45) is 1.74. The van der Waals surface area contributed by atoms with Crippen LogP contribution in [0.3, 0.4) is 0 Å². The van der Waals surface area contributed by atoms with Gasteiger partial charge in [-0.1, -0.05) is 6.07 Å². The highest BCUT2D eigenvalue weighted by Crippen LogP contribution is 2.24. The number of hydrogen-bond acceptors (Lipinski definition) is 6. The van der Waals surface area contributed by atoms with Crippen molar-refractivity contribution in [2.24, 2.45) is 0 Å². The lowest BCUT2D eigenvalue weighted by Crippen LogP contribution is -2.09. The van der Waals surface area contributed by atoms with Gasteiger partial charge in [0.1, 0.15) is 5.82 Å². The van der Waals surface area contributed by atoms with Gasteiger partial charge in [0.15, 0.2) is 0 Å². The van der Waals surface area contributed by atoms with E-state index in [1.54, 1.807) is 26.2 Å². The first-order valence-corrected chi connectivity index (χ1v) is 7.12. The molecule has 116 valence electrons. The van der Waals surface area contributed by atoms with Crippen LogP contribution >= 0.6 is 0 Å². The number of nitrogens with zero attached hydrogens (tertiary/aromatic N) is 2. The lowest BCUT2D eigenvalue weighted by atomic mass is 10.1. The van der Waals surface area contributed by atoms with Gasteiger partial charge >= 0.3 is 5.97 Å². The van der Waals surface area contributed by atoms with Crippen molar-refractivity contribution in [3.63, 3.8) is 0 Å². The minimum Gasteiger partial charge on any atom is -0.462 e. The molecule has 0 aliphatic carbocycles. The molecule has 22 heavy (non-hydrogen) atoms. The minimum absolute atomic E-state index is 0.320. The highest BCUT2D eigenvalue weighted by molar-refractivity contribution is 5.93. The number of hydrogen-bond donors (Lipinski definition) is 2. The zero-order valence-electron chi connectivity index (χ0n) is 13.2. The van der Waals surface area contributed by atoms with Gasteiger partial charge in [0.25, 0.3) is 0 Å². The van der Waals surface area contributed by atoms with Crippen LogP contribution in [0.4, 0.5) is 17.5 Å². The van der Waals surface area contributed by atoms with Crippen LogP contribution in [0.2, 0.25) is 0 Å². The summed E-state index contributed by atoms with van der Waals surface area (Å²) in [6.45, 7) is 5.95. The second-order valence-corrected chi connectivity index (χ2v) is 4.80. The summed E-state index contributed by atoms with van der Waals surface area (Å²) >= 11 is 0. The summed E-state index contributed by atoms with van der Waals surface area (Å²) in [5, 5.41) is 6.16. The number of carbonyl (C=O) groups excluding carboxylic acids is 1. The Morgan fingerprint density at radius 3 is 2.77 bits per heavy atom. The van der Waals surface area contributed by atoms with Crippen molar-refractivity contribution in [1.82, 2.24) is 9.97 Å². The number of rotatable bonds is 5. The van der Waals surface area contributed by atoms with Crippen molar-refractivity contribution < 1.29 is 9.53 Å². The average molecular weight is 300 g/mol. The van der Waals surface area contributed by atoms with Gasteiger partial charge in [-0.3, -0.25) is 0 Å². The third-order valence-corrected chi connectivity index (χ3v) is 3.28. The monoisotopic (exact) mass is 300 g/mol. The van der Waals surface area contributed by atoms with Crippen molar-refractivity contribution in [3.8, 4) is 0 Å². The first-order valence-electron chi connectivity index (χ1n) is 7.12. The summed E-state index contributed by atoms with van der Waals surface area (Å²) in [6, 6.07) is 5.47. The molecule has 1 aromatic carbocycles. The third kappa shape index (κ3) is 3.33. The first-order chi connectivity index (χ1) is 10.6. The van der Waals surface area contributed by atoms with E-state index in [0.717, 1.165) is 16.8 Å². The fourth-order valence-electron chi connectivity index (χ4n) is 2.02. The van der Waals surface area contributed by atoms with E-state index < -0.39 is 0 Å². The van der Waals surface area contributed by atoms with Crippen LogP contribution in [0.15, 0.2) is 24.4 Å². The number of benzene rings is 1. The topological polar surface area (TPSA) is 76.1 Å². The van der Waals surface area contributed by atoms with E-state index >= 15 is 0 Å². The van der Waals surface area contributed by atoms with Crippen LogP contribution in [0.25, 0.3) is 0 Å². The molecule has 0 radical (unpaired) electrons. The van der Waals surface area contributed by atoms with Gasteiger partial charge in [-0.05, 0) is 38.5 Å². The molecule has 0 aliphatic heterocycles. The maximum Gasteiger partial charge on any atom is 0.338 e. The predicted octanol–water partition coefficient (Wildman–Crippen LogP) is 3.06. The van der Waals surface area contributed by atoms with Crippen LogP contribution in [-0.2, 0) is 4.74 Å². The summed E-state index contributed by atoms with van der Waals surface area (Å²) in [4.78, 5) is 20.5. The molecule has 0 fully saturated rings. The van der Waals surface area contributed by atoms with Gasteiger partial charge in [-0.2, -0.15) is 4.98 Å². The standard InChI is InChI=1S/C16H20N4O2/c1-5-22-15(21)12-7-6-8-13(11(12)3)19-14-10(2)9-18-16(17-4)20-14/h6-9H,5H2,1-4H3,(H2,17,18,19,20). The molecule has 0 saturated carbocycles. The molecule has 2 rings (SSSR count). The Morgan fingerprint density at radius 2 is 2.09 bits per heavy atom. The molecule has 0 aliphatic rings. The Labute approximate surface area is 129 Å². The van der Waals surface area contributed by atoms with Gasteiger partial charge < -0.3 is 15.4 Å². The van der Waals surface area contributed by atoms with E-state index in [1.807, 2.05) is 26.0 Å². The van der Waals surface area contributed by atoms with Gasteiger partial charge in [0.05, 0.1) is 12.2 Å². The molecule has 1 aromatic heterocycles. The van der Waals surface area contributed by atoms with Crippen molar-refractivity contribution in [3.05, 3.63) is 41.1 Å². The molecule has 1 heterocycles. The maximum atomic E-state index is 12.0. The number of ether oxygens (including phenoxy) is 1. The Kier molecular flexibility index (Phi) is 4.93. The quantitative estimate of drug-likeness (QED) is 0.827. The number of carbonyl (C=O) groups is 1. The van der Waals surface area contributed by atoms with Crippen molar-refractivity contribution >= 4 is 23.4 Å². The number of anilines is 3. The second-order valence-electron chi connectivity index (χ2n) is 4.80. The van der Waals surface area contributed by atoms with E-state index in [9.17, 15) is 4.79 Å². The molecule has 0 bridgehead atoms. The van der Waals surface area contributed by atoms with E-state index in [4.69, 9.17) is 4.74 Å². The molecule has 0 saturated heterocycles. The fraction of sp³-hybridized carbons (Fsp3) is 0.312. The Balaban J connectivity index is 2.34. The summed E-state index contributed by atoms with van der Waals surface area (Å²) in [5.74, 6) is 0.912. The second kappa shape index (κ2) is 6.89. The van der Waals surface area contributed by atoms with E-state index in [1.165, 1.54) is 0 Å². The zero-order chi connectivity index (χ0) is 16.1. The molecule has 0 atom stereocenters. The molecular weight excluding hydrogens is 280 g/mol. The summed E-state index contributed by atoms with van der Waals surface area (Å²) in [7, 11) is 1.76. The normalized spacial score (nSPS) is 10.2. The lowest BCUT2D eigenvalue weighted by Gasteiger charge is -2.14. The molecule has 0 unspecified atom stereocenters. The van der Waals surface area contributed by atoms with Gasteiger partial charge in [-0.15, -0.1) is 0 Å². The summed E-state index contributed by atoms with van der Waals surface area (Å²) < 4.78 is 5.07. The molecule has 2 aromatic rings. The lowest BCUT2D eigenvalue weighted by molar-refractivity contribution is 0.0525. The highest BCUT2D eigenvalue weighted by atomic mass is 16.5. The van der Waals surface area contributed by atoms with E-state index in [0.29, 0.717) is 23.9 Å². The summed E-state index contributed by atoms with van der Waals surface area (Å²) in [5.41, 5.74) is 3.10. The number of esters is 1. The Hall–Kier alpha value is -2.63. The van der Waals surface area contributed by atoms with Crippen LogP contribution in [0, 0.1) is 13.8 Å². The van der Waals surface area contributed by atoms with Gasteiger partial charge in [0.2, 0.25) is 5.95 Å². The van der Waals surface area contributed by atoms with Crippen LogP contribution in [0.1, 0.15) is 28.4 Å². The number of aryl methyl sites for hydroxylation is 1. The van der Waals surface area contributed by atoms with E-state index in [2.05, 4.69) is 20.6 Å². The Bertz CT molecular complexity index is 686. The van der Waals surface area contributed by atoms with E-state index in [-0.39, 0.29) is 5.97 Å². The smallest absolute Gasteiger partial charge is 0.338 e. The SMILES string of the molecule is CCOC(=O)c1cccc(Nc2nc(NC)ncc2C)c1C. The van der Waals surface area contributed by atoms with Crippen molar-refractivity contribution in [2.45, 2.75) is 20.8 Å². The largest absolute Gasteiger partial charge is 0.462 e. The fourth-order valence-corrected chi connectivity index (χ4v) is 2.02. The van der Waals surface area contributed by atoms with Crippen LogP contribution < -0.4 is 10.6 Å². The third-order valence-electron chi connectivity index (χ3n) is 3.28. The van der Waals surface area contributed by atoms with Gasteiger partial charge in [0, 0.05) is 24.5 Å². The molecule has 2 N–H and O–H groups in total. The molecule has 0 spiro atoms. The van der Waals surface area contributed by atoms with Crippen LogP contribution in [0.5, 0.6) is 0 Å². The van der Waals surface area contributed by atoms with Crippen LogP contribution in [-0.4, -0.2) is 29.6 Å². The Morgan fingerprint density at radius 1 is 1.32 bits per heavy atom.